The third kappa shape index (κ3) is 5.10. The Kier molecular flexibility index (Phi) is 6.26. The van der Waals surface area contributed by atoms with E-state index in [1.165, 1.54) is 12.1 Å². The topological polar surface area (TPSA) is 54.3 Å². The second-order valence-electron chi connectivity index (χ2n) is 8.18. The molecule has 5 nitrogen and oxygen atoms in total. The highest BCUT2D eigenvalue weighted by molar-refractivity contribution is 5.97. The van der Waals surface area contributed by atoms with Crippen LogP contribution in [0, 0.1) is 6.92 Å². The van der Waals surface area contributed by atoms with Crippen LogP contribution in [0.5, 0.6) is 0 Å². The molecule has 0 aliphatic carbocycles. The quantitative estimate of drug-likeness (QED) is 0.578. The Morgan fingerprint density at radius 2 is 1.82 bits per heavy atom. The minimum Gasteiger partial charge on any atom is -0.352 e. The molecule has 1 aliphatic heterocycles. The van der Waals surface area contributed by atoms with Gasteiger partial charge in [-0.3, -0.25) is 9.59 Å². The second-order valence-corrected chi connectivity index (χ2v) is 8.18. The molecule has 1 aromatic heterocycles. The lowest BCUT2D eigenvalue weighted by molar-refractivity contribution is -0.138. The molecule has 0 saturated heterocycles. The van der Waals surface area contributed by atoms with Gasteiger partial charge in [0.2, 0.25) is 11.8 Å². The summed E-state index contributed by atoms with van der Waals surface area (Å²) in [6.07, 6.45) is -2.85. The van der Waals surface area contributed by atoms with Crippen LogP contribution in [0.1, 0.15) is 40.4 Å². The SMILES string of the molecule is Cc1cccc([C@@H]2c3cccn3CCN2C(=O)CC(=O)NCc2cccc(C(F)(F)F)c2)c1. The van der Waals surface area contributed by atoms with Gasteiger partial charge in [0.05, 0.1) is 11.6 Å². The van der Waals surface area contributed by atoms with Crippen molar-refractivity contribution in [2.24, 2.45) is 0 Å². The molecule has 0 fully saturated rings. The van der Waals surface area contributed by atoms with Crippen molar-refractivity contribution in [1.82, 2.24) is 14.8 Å². The average molecular weight is 455 g/mol. The summed E-state index contributed by atoms with van der Waals surface area (Å²) in [7, 11) is 0. The molecule has 0 radical (unpaired) electrons. The summed E-state index contributed by atoms with van der Waals surface area (Å²) in [6, 6.07) is 16.3. The van der Waals surface area contributed by atoms with Gasteiger partial charge in [-0.15, -0.1) is 0 Å². The van der Waals surface area contributed by atoms with Crippen molar-refractivity contribution in [2.45, 2.75) is 38.7 Å². The Hall–Kier alpha value is -3.55. The van der Waals surface area contributed by atoms with Gasteiger partial charge in [0.1, 0.15) is 6.42 Å². The Morgan fingerprint density at radius 1 is 1.03 bits per heavy atom. The van der Waals surface area contributed by atoms with Gasteiger partial charge in [-0.25, -0.2) is 0 Å². The molecule has 172 valence electrons. The van der Waals surface area contributed by atoms with Crippen LogP contribution in [0.3, 0.4) is 0 Å². The molecule has 2 heterocycles. The lowest BCUT2D eigenvalue weighted by Crippen LogP contribution is -2.44. The molecule has 1 atom stereocenters. The largest absolute Gasteiger partial charge is 0.416 e. The van der Waals surface area contributed by atoms with Crippen molar-refractivity contribution in [1.29, 1.82) is 0 Å². The molecule has 1 N–H and O–H groups in total. The maximum absolute atomic E-state index is 13.1. The van der Waals surface area contributed by atoms with Crippen LogP contribution in [0.2, 0.25) is 0 Å². The number of hydrogen-bond acceptors (Lipinski definition) is 2. The smallest absolute Gasteiger partial charge is 0.352 e. The van der Waals surface area contributed by atoms with E-state index in [1.807, 2.05) is 49.5 Å². The van der Waals surface area contributed by atoms with Gasteiger partial charge in [-0.1, -0.05) is 42.0 Å². The van der Waals surface area contributed by atoms with Gasteiger partial charge in [0.25, 0.3) is 0 Å². The van der Waals surface area contributed by atoms with Gasteiger partial charge in [-0.05, 0) is 42.3 Å². The summed E-state index contributed by atoms with van der Waals surface area (Å²) in [5.41, 5.74) is 2.56. The zero-order valence-corrected chi connectivity index (χ0v) is 18.1. The Balaban J connectivity index is 1.45. The van der Waals surface area contributed by atoms with Gasteiger partial charge < -0.3 is 14.8 Å². The first-order chi connectivity index (χ1) is 15.7. The number of benzene rings is 2. The maximum atomic E-state index is 13.1. The molecule has 0 spiro atoms. The summed E-state index contributed by atoms with van der Waals surface area (Å²) in [5.74, 6) is -0.850. The van der Waals surface area contributed by atoms with Gasteiger partial charge in [0.15, 0.2) is 0 Å². The number of carbonyl (C=O) groups excluding carboxylic acids is 2. The third-order valence-electron chi connectivity index (χ3n) is 5.77. The van der Waals surface area contributed by atoms with Gasteiger partial charge in [-0.2, -0.15) is 13.2 Å². The first-order valence-corrected chi connectivity index (χ1v) is 10.7. The maximum Gasteiger partial charge on any atom is 0.416 e. The van der Waals surface area contributed by atoms with Crippen molar-refractivity contribution in [3.05, 3.63) is 94.8 Å². The highest BCUT2D eigenvalue weighted by Gasteiger charge is 2.33. The van der Waals surface area contributed by atoms with E-state index in [-0.39, 0.29) is 24.9 Å². The molecule has 2 amide bonds. The van der Waals surface area contributed by atoms with Crippen molar-refractivity contribution < 1.29 is 22.8 Å². The first kappa shape index (κ1) is 22.6. The van der Waals surface area contributed by atoms with Crippen LogP contribution >= 0.6 is 0 Å². The van der Waals surface area contributed by atoms with Gasteiger partial charge >= 0.3 is 6.18 Å². The average Bonchev–Trinajstić information content (AvgIpc) is 3.25. The molecule has 4 rings (SSSR count). The molecule has 0 bridgehead atoms. The molecule has 33 heavy (non-hydrogen) atoms. The van der Waals surface area contributed by atoms with E-state index in [2.05, 4.69) is 9.88 Å². The van der Waals surface area contributed by atoms with Crippen LogP contribution in [0.25, 0.3) is 0 Å². The van der Waals surface area contributed by atoms with Crippen molar-refractivity contribution in [2.75, 3.05) is 6.54 Å². The summed E-state index contributed by atoms with van der Waals surface area (Å²) in [5, 5.41) is 2.57. The standard InChI is InChI=1S/C25H24F3N3O2/c1-17-5-2-7-19(13-17)24-21-9-4-10-30(21)11-12-31(24)23(33)15-22(32)29-16-18-6-3-8-20(14-18)25(26,27)28/h2-10,13-14,24H,11-12,15-16H2,1H3,(H,29,32)/t24-/m1/s1. The van der Waals surface area contributed by atoms with E-state index in [0.29, 0.717) is 18.7 Å². The van der Waals surface area contributed by atoms with E-state index in [9.17, 15) is 22.8 Å². The van der Waals surface area contributed by atoms with E-state index >= 15 is 0 Å². The fourth-order valence-corrected chi connectivity index (χ4v) is 4.20. The summed E-state index contributed by atoms with van der Waals surface area (Å²) in [4.78, 5) is 27.3. The number of fused-ring (bicyclic) bond motifs is 1. The van der Waals surface area contributed by atoms with E-state index in [1.54, 1.807) is 4.90 Å². The zero-order chi connectivity index (χ0) is 23.6. The number of aryl methyl sites for hydroxylation is 1. The number of rotatable bonds is 5. The summed E-state index contributed by atoms with van der Waals surface area (Å²) < 4.78 is 40.8. The number of nitrogens with zero attached hydrogens (tertiary/aromatic N) is 2. The molecule has 2 aromatic carbocycles. The number of halogens is 3. The predicted molar refractivity (Wildman–Crippen MR) is 117 cm³/mol. The molecule has 3 aromatic rings. The van der Waals surface area contributed by atoms with Crippen molar-refractivity contribution in [3.63, 3.8) is 0 Å². The minimum absolute atomic E-state index is 0.0831. The van der Waals surface area contributed by atoms with Crippen molar-refractivity contribution >= 4 is 11.8 Å². The summed E-state index contributed by atoms with van der Waals surface area (Å²) in [6.45, 7) is 2.99. The third-order valence-corrected chi connectivity index (χ3v) is 5.77. The first-order valence-electron chi connectivity index (χ1n) is 10.7. The van der Waals surface area contributed by atoms with E-state index < -0.39 is 17.6 Å². The fraction of sp³-hybridized carbons (Fsp3) is 0.280. The zero-order valence-electron chi connectivity index (χ0n) is 18.1. The highest BCUT2D eigenvalue weighted by Crippen LogP contribution is 2.33. The van der Waals surface area contributed by atoms with Crippen LogP contribution in [-0.2, 0) is 28.9 Å². The van der Waals surface area contributed by atoms with E-state index in [4.69, 9.17) is 0 Å². The van der Waals surface area contributed by atoms with Crippen LogP contribution < -0.4 is 5.32 Å². The summed E-state index contributed by atoms with van der Waals surface area (Å²) >= 11 is 0. The van der Waals surface area contributed by atoms with Crippen LogP contribution in [0.4, 0.5) is 13.2 Å². The van der Waals surface area contributed by atoms with E-state index in [0.717, 1.165) is 29.0 Å². The number of aromatic nitrogens is 1. The van der Waals surface area contributed by atoms with Crippen LogP contribution in [-0.4, -0.2) is 27.8 Å². The van der Waals surface area contributed by atoms with Crippen LogP contribution in [0.15, 0.2) is 66.9 Å². The lowest BCUT2D eigenvalue weighted by Gasteiger charge is -2.37. The lowest BCUT2D eigenvalue weighted by atomic mass is 9.98. The normalized spacial score (nSPS) is 15.8. The Morgan fingerprint density at radius 3 is 2.58 bits per heavy atom. The Bertz CT molecular complexity index is 1170. The molecule has 0 saturated carbocycles. The predicted octanol–water partition coefficient (Wildman–Crippen LogP) is 4.45. The molecular weight excluding hydrogens is 431 g/mol. The molecule has 0 unspecified atom stereocenters. The minimum atomic E-state index is -4.45. The molecule has 1 aliphatic rings. The highest BCUT2D eigenvalue weighted by atomic mass is 19.4. The molecule has 8 heteroatoms. The Labute approximate surface area is 189 Å². The number of amides is 2. The fourth-order valence-electron chi connectivity index (χ4n) is 4.20. The van der Waals surface area contributed by atoms with Crippen molar-refractivity contribution in [3.8, 4) is 0 Å². The van der Waals surface area contributed by atoms with Gasteiger partial charge in [0, 0.05) is 31.5 Å². The number of nitrogens with one attached hydrogen (secondary N) is 1. The number of carbonyl (C=O) groups is 2. The second kappa shape index (κ2) is 9.13. The monoisotopic (exact) mass is 455 g/mol. The molecular formula is C25H24F3N3O2. The number of hydrogen-bond donors (Lipinski definition) is 1. The number of alkyl halides is 3.